The van der Waals surface area contributed by atoms with Crippen LogP contribution in [-0.4, -0.2) is 24.3 Å². The molecule has 0 saturated heterocycles. The SMILES string of the molecule is CCOC(=O)C1=C(C)n2c(s/c(=C/c3ccco3)c2=O)=N[C@@H]1c1ccc(OC)cc1. The third-order valence-electron chi connectivity index (χ3n) is 4.79. The van der Waals surface area contributed by atoms with Gasteiger partial charge >= 0.3 is 5.97 Å². The van der Waals surface area contributed by atoms with E-state index in [1.807, 2.05) is 24.3 Å². The summed E-state index contributed by atoms with van der Waals surface area (Å²) < 4.78 is 17.8. The molecule has 1 atom stereocenters. The molecule has 1 aliphatic rings. The number of ether oxygens (including phenoxy) is 2. The molecule has 0 spiro atoms. The molecule has 0 aliphatic carbocycles. The number of benzene rings is 1. The van der Waals surface area contributed by atoms with E-state index in [-0.39, 0.29) is 12.2 Å². The fourth-order valence-corrected chi connectivity index (χ4v) is 4.37. The normalized spacial score (nSPS) is 16.2. The fraction of sp³-hybridized carbons (Fsp3) is 0.227. The van der Waals surface area contributed by atoms with E-state index in [2.05, 4.69) is 0 Å². The summed E-state index contributed by atoms with van der Waals surface area (Å²) in [5.41, 5.74) is 1.42. The summed E-state index contributed by atoms with van der Waals surface area (Å²) >= 11 is 1.25. The summed E-state index contributed by atoms with van der Waals surface area (Å²) in [7, 11) is 1.59. The number of furan rings is 1. The van der Waals surface area contributed by atoms with Gasteiger partial charge in [0.1, 0.15) is 22.1 Å². The molecule has 0 N–H and O–H groups in total. The van der Waals surface area contributed by atoms with E-state index in [1.165, 1.54) is 15.9 Å². The third kappa shape index (κ3) is 3.50. The topological polar surface area (TPSA) is 83.0 Å². The van der Waals surface area contributed by atoms with Gasteiger partial charge in [-0.15, -0.1) is 0 Å². The molecule has 30 heavy (non-hydrogen) atoms. The highest BCUT2D eigenvalue weighted by atomic mass is 32.1. The number of aromatic nitrogens is 1. The number of methoxy groups -OCH3 is 1. The molecule has 2 aromatic heterocycles. The van der Waals surface area contributed by atoms with Crippen molar-refractivity contribution in [2.75, 3.05) is 13.7 Å². The van der Waals surface area contributed by atoms with Crippen LogP contribution in [0.5, 0.6) is 5.75 Å². The van der Waals surface area contributed by atoms with Crippen molar-refractivity contribution in [3.63, 3.8) is 0 Å². The standard InChI is InChI=1S/C22H20N2O5S/c1-4-28-21(26)18-13(2)24-20(25)17(12-16-6-5-11-29-16)30-22(24)23-19(18)14-7-9-15(27-3)10-8-14/h5-12,19H,4H2,1-3H3/b17-12+/t19-/m1/s1. The van der Waals surface area contributed by atoms with Crippen LogP contribution in [-0.2, 0) is 9.53 Å². The number of hydrogen-bond donors (Lipinski definition) is 0. The Balaban J connectivity index is 1.93. The van der Waals surface area contributed by atoms with Crippen molar-refractivity contribution in [1.82, 2.24) is 4.57 Å². The smallest absolute Gasteiger partial charge is 0.338 e. The van der Waals surface area contributed by atoms with Crippen LogP contribution in [0.2, 0.25) is 0 Å². The minimum absolute atomic E-state index is 0.230. The van der Waals surface area contributed by atoms with E-state index in [4.69, 9.17) is 18.9 Å². The van der Waals surface area contributed by atoms with Gasteiger partial charge in [0.05, 0.1) is 25.6 Å². The molecule has 0 saturated carbocycles. The number of fused-ring (bicyclic) bond motifs is 1. The average Bonchev–Trinajstić information content (AvgIpc) is 3.36. The van der Waals surface area contributed by atoms with Gasteiger partial charge < -0.3 is 13.9 Å². The Kier molecular flexibility index (Phi) is 5.41. The molecule has 154 valence electrons. The van der Waals surface area contributed by atoms with Crippen molar-refractivity contribution in [1.29, 1.82) is 0 Å². The molecule has 0 radical (unpaired) electrons. The molecule has 4 rings (SSSR count). The second-order valence-electron chi connectivity index (χ2n) is 6.57. The Morgan fingerprint density at radius 2 is 2.07 bits per heavy atom. The molecule has 0 amide bonds. The van der Waals surface area contributed by atoms with Crippen LogP contribution < -0.4 is 19.6 Å². The molecule has 7 nitrogen and oxygen atoms in total. The van der Waals surface area contributed by atoms with Gasteiger partial charge in [-0.3, -0.25) is 9.36 Å². The van der Waals surface area contributed by atoms with Crippen molar-refractivity contribution < 1.29 is 18.7 Å². The van der Waals surface area contributed by atoms with Crippen molar-refractivity contribution in [2.24, 2.45) is 4.99 Å². The van der Waals surface area contributed by atoms with Crippen molar-refractivity contribution in [2.45, 2.75) is 19.9 Å². The zero-order chi connectivity index (χ0) is 21.3. The van der Waals surface area contributed by atoms with Gasteiger partial charge in [0.2, 0.25) is 0 Å². The first-order valence-electron chi connectivity index (χ1n) is 9.40. The van der Waals surface area contributed by atoms with E-state index >= 15 is 0 Å². The van der Waals surface area contributed by atoms with Gasteiger partial charge in [-0.1, -0.05) is 23.5 Å². The quantitative estimate of drug-likeness (QED) is 0.588. The van der Waals surface area contributed by atoms with Gasteiger partial charge in [0.25, 0.3) is 5.56 Å². The number of nitrogens with zero attached hydrogens (tertiary/aromatic N) is 2. The number of carbonyl (C=O) groups excluding carboxylic acids is 1. The van der Waals surface area contributed by atoms with Gasteiger partial charge in [0, 0.05) is 11.8 Å². The Morgan fingerprint density at radius 1 is 1.30 bits per heavy atom. The van der Waals surface area contributed by atoms with E-state index in [0.29, 0.717) is 32.1 Å². The van der Waals surface area contributed by atoms with Crippen molar-refractivity contribution >= 4 is 29.1 Å². The lowest BCUT2D eigenvalue weighted by Gasteiger charge is -2.22. The van der Waals surface area contributed by atoms with Crippen LogP contribution in [0.4, 0.5) is 0 Å². The minimum Gasteiger partial charge on any atom is -0.497 e. The highest BCUT2D eigenvalue weighted by molar-refractivity contribution is 7.07. The number of thiazole rings is 1. The van der Waals surface area contributed by atoms with E-state index < -0.39 is 12.0 Å². The lowest BCUT2D eigenvalue weighted by molar-refractivity contribution is -0.138. The van der Waals surface area contributed by atoms with Gasteiger partial charge in [-0.05, 0) is 43.7 Å². The second kappa shape index (κ2) is 8.16. The molecule has 0 fully saturated rings. The number of hydrogen-bond acceptors (Lipinski definition) is 7. The molecular weight excluding hydrogens is 404 g/mol. The van der Waals surface area contributed by atoms with E-state index in [0.717, 1.165) is 5.56 Å². The first-order valence-corrected chi connectivity index (χ1v) is 10.2. The highest BCUT2D eigenvalue weighted by Gasteiger charge is 2.31. The zero-order valence-electron chi connectivity index (χ0n) is 16.7. The maximum absolute atomic E-state index is 13.0. The molecule has 1 aliphatic heterocycles. The van der Waals surface area contributed by atoms with Crippen LogP contribution in [0, 0.1) is 0 Å². The molecule has 3 heterocycles. The number of esters is 1. The Bertz CT molecular complexity index is 1280. The maximum Gasteiger partial charge on any atom is 0.338 e. The summed E-state index contributed by atoms with van der Waals surface area (Å²) in [6.07, 6.45) is 3.22. The minimum atomic E-state index is -0.579. The second-order valence-corrected chi connectivity index (χ2v) is 7.58. The average molecular weight is 424 g/mol. The lowest BCUT2D eigenvalue weighted by Crippen LogP contribution is -2.35. The number of allylic oxidation sites excluding steroid dienone is 1. The van der Waals surface area contributed by atoms with Crippen LogP contribution in [0.1, 0.15) is 31.2 Å². The summed E-state index contributed by atoms with van der Waals surface area (Å²) in [5, 5.41) is 0. The fourth-order valence-electron chi connectivity index (χ4n) is 3.35. The summed E-state index contributed by atoms with van der Waals surface area (Å²) in [6, 6.07) is 10.3. The molecular formula is C22H20N2O5S. The molecule has 1 aromatic carbocycles. The number of carbonyl (C=O) groups is 1. The van der Waals surface area contributed by atoms with Crippen LogP contribution >= 0.6 is 11.3 Å². The Morgan fingerprint density at radius 3 is 2.70 bits per heavy atom. The lowest BCUT2D eigenvalue weighted by atomic mass is 9.96. The predicted octanol–water partition coefficient (Wildman–Crippen LogP) is 2.51. The molecule has 0 bridgehead atoms. The predicted molar refractivity (Wildman–Crippen MR) is 113 cm³/mol. The monoisotopic (exact) mass is 424 g/mol. The Labute approximate surface area is 176 Å². The van der Waals surface area contributed by atoms with Gasteiger partial charge in [0.15, 0.2) is 4.80 Å². The highest BCUT2D eigenvalue weighted by Crippen LogP contribution is 2.33. The van der Waals surface area contributed by atoms with Crippen molar-refractivity contribution in [3.05, 3.63) is 79.2 Å². The van der Waals surface area contributed by atoms with Gasteiger partial charge in [-0.2, -0.15) is 0 Å². The number of rotatable bonds is 5. The molecule has 8 heteroatoms. The van der Waals surface area contributed by atoms with Crippen LogP contribution in [0.15, 0.2) is 62.4 Å². The van der Waals surface area contributed by atoms with Gasteiger partial charge in [-0.25, -0.2) is 9.79 Å². The largest absolute Gasteiger partial charge is 0.497 e. The zero-order valence-corrected chi connectivity index (χ0v) is 17.6. The molecule has 0 unspecified atom stereocenters. The third-order valence-corrected chi connectivity index (χ3v) is 5.77. The van der Waals surface area contributed by atoms with Crippen molar-refractivity contribution in [3.8, 4) is 5.75 Å². The first kappa shape index (κ1) is 19.9. The van der Waals surface area contributed by atoms with E-state index in [1.54, 1.807) is 45.4 Å². The van der Waals surface area contributed by atoms with Crippen LogP contribution in [0.25, 0.3) is 11.8 Å². The summed E-state index contributed by atoms with van der Waals surface area (Å²) in [4.78, 5) is 31.1. The molecule has 3 aromatic rings. The summed E-state index contributed by atoms with van der Waals surface area (Å²) in [5.74, 6) is 0.793. The Hall–Kier alpha value is -3.39. The summed E-state index contributed by atoms with van der Waals surface area (Å²) in [6.45, 7) is 3.72. The van der Waals surface area contributed by atoms with E-state index in [9.17, 15) is 9.59 Å². The maximum atomic E-state index is 13.0. The first-order chi connectivity index (χ1) is 14.5. The van der Waals surface area contributed by atoms with Crippen LogP contribution in [0.3, 0.4) is 0 Å².